The quantitative estimate of drug-likeness (QED) is 0.730. The summed E-state index contributed by atoms with van der Waals surface area (Å²) in [5.74, 6) is 0. The van der Waals surface area contributed by atoms with Crippen LogP contribution >= 0.6 is 15.9 Å². The fraction of sp³-hybridized carbons (Fsp3) is 0.458. The zero-order valence-electron chi connectivity index (χ0n) is 17.7. The summed E-state index contributed by atoms with van der Waals surface area (Å²) in [4.78, 5) is 7.58. The SMILES string of the molecule is C=C(NCC)C1CN(C2c3ncc(C)cc3CCc3cc(C)cc(Br)c32)CCN1. The van der Waals surface area contributed by atoms with Crippen LogP contribution in [0.1, 0.15) is 46.5 Å². The van der Waals surface area contributed by atoms with Gasteiger partial charge in [-0.2, -0.15) is 0 Å². The summed E-state index contributed by atoms with van der Waals surface area (Å²) in [6.45, 7) is 14.5. The van der Waals surface area contributed by atoms with Crippen molar-refractivity contribution in [2.45, 2.75) is 45.7 Å². The highest BCUT2D eigenvalue weighted by Gasteiger charge is 2.35. The van der Waals surface area contributed by atoms with Crippen LogP contribution in [0.4, 0.5) is 0 Å². The zero-order chi connectivity index (χ0) is 20.5. The predicted molar refractivity (Wildman–Crippen MR) is 123 cm³/mol. The number of hydrogen-bond acceptors (Lipinski definition) is 4. The van der Waals surface area contributed by atoms with E-state index in [1.807, 2.05) is 6.20 Å². The molecule has 2 unspecified atom stereocenters. The number of rotatable bonds is 4. The molecule has 4 nitrogen and oxygen atoms in total. The Hall–Kier alpha value is -1.69. The number of nitrogens with zero attached hydrogens (tertiary/aromatic N) is 2. The molecule has 2 aliphatic rings. The number of hydrogen-bond donors (Lipinski definition) is 2. The third-order valence-electron chi connectivity index (χ3n) is 6.09. The van der Waals surface area contributed by atoms with Gasteiger partial charge in [0, 0.05) is 42.5 Å². The van der Waals surface area contributed by atoms with Crippen molar-refractivity contribution >= 4 is 15.9 Å². The number of aromatic nitrogens is 1. The smallest absolute Gasteiger partial charge is 0.0793 e. The summed E-state index contributed by atoms with van der Waals surface area (Å²) >= 11 is 3.91. The topological polar surface area (TPSA) is 40.2 Å². The molecule has 1 aromatic heterocycles. The van der Waals surface area contributed by atoms with Gasteiger partial charge in [0.05, 0.1) is 17.8 Å². The molecule has 29 heavy (non-hydrogen) atoms. The average molecular weight is 455 g/mol. The molecule has 0 radical (unpaired) electrons. The zero-order valence-corrected chi connectivity index (χ0v) is 19.3. The van der Waals surface area contributed by atoms with E-state index < -0.39 is 0 Å². The first-order valence-electron chi connectivity index (χ1n) is 10.6. The number of nitrogens with one attached hydrogen (secondary N) is 2. The highest BCUT2D eigenvalue weighted by atomic mass is 79.9. The maximum Gasteiger partial charge on any atom is 0.0793 e. The van der Waals surface area contributed by atoms with Gasteiger partial charge < -0.3 is 10.6 Å². The normalized spacial score (nSPS) is 21.8. The summed E-state index contributed by atoms with van der Waals surface area (Å²) in [7, 11) is 0. The minimum absolute atomic E-state index is 0.164. The number of likely N-dealkylation sites (N-methyl/N-ethyl adjacent to an activating group) is 1. The molecule has 2 aromatic rings. The highest BCUT2D eigenvalue weighted by molar-refractivity contribution is 9.10. The van der Waals surface area contributed by atoms with E-state index in [4.69, 9.17) is 4.98 Å². The van der Waals surface area contributed by atoms with E-state index in [0.717, 1.165) is 44.7 Å². The molecule has 5 heteroatoms. The summed E-state index contributed by atoms with van der Waals surface area (Å²) in [5, 5.41) is 7.04. The van der Waals surface area contributed by atoms with Gasteiger partial charge in [-0.25, -0.2) is 0 Å². The second-order valence-corrected chi connectivity index (χ2v) is 9.19. The molecule has 0 bridgehead atoms. The van der Waals surface area contributed by atoms with Crippen LogP contribution in [0.5, 0.6) is 0 Å². The van der Waals surface area contributed by atoms with Crippen LogP contribution in [0.2, 0.25) is 0 Å². The first-order valence-corrected chi connectivity index (χ1v) is 11.4. The number of aryl methyl sites for hydroxylation is 4. The predicted octanol–water partition coefficient (Wildman–Crippen LogP) is 4.05. The van der Waals surface area contributed by atoms with Gasteiger partial charge in [0.25, 0.3) is 0 Å². The van der Waals surface area contributed by atoms with Gasteiger partial charge in [-0.1, -0.05) is 34.6 Å². The van der Waals surface area contributed by atoms with Gasteiger partial charge >= 0.3 is 0 Å². The van der Waals surface area contributed by atoms with Crippen molar-refractivity contribution in [3.05, 3.63) is 74.7 Å². The van der Waals surface area contributed by atoms with Crippen LogP contribution < -0.4 is 10.6 Å². The number of halogens is 1. The van der Waals surface area contributed by atoms with Crippen molar-refractivity contribution in [2.75, 3.05) is 26.2 Å². The lowest BCUT2D eigenvalue weighted by Gasteiger charge is -2.40. The summed E-state index contributed by atoms with van der Waals surface area (Å²) in [6.07, 6.45) is 4.13. The summed E-state index contributed by atoms with van der Waals surface area (Å²) < 4.78 is 1.20. The minimum Gasteiger partial charge on any atom is -0.388 e. The van der Waals surface area contributed by atoms with E-state index in [1.165, 1.54) is 38.0 Å². The third-order valence-corrected chi connectivity index (χ3v) is 6.75. The fourth-order valence-electron chi connectivity index (χ4n) is 4.78. The Labute approximate surface area is 182 Å². The Morgan fingerprint density at radius 2 is 2.00 bits per heavy atom. The van der Waals surface area contributed by atoms with E-state index in [9.17, 15) is 0 Å². The Kier molecular flexibility index (Phi) is 6.09. The largest absolute Gasteiger partial charge is 0.388 e. The summed E-state index contributed by atoms with van der Waals surface area (Å²) in [5.41, 5.74) is 9.06. The van der Waals surface area contributed by atoms with Crippen molar-refractivity contribution in [2.24, 2.45) is 0 Å². The molecule has 1 fully saturated rings. The first-order chi connectivity index (χ1) is 14.0. The number of pyridine rings is 1. The van der Waals surface area contributed by atoms with E-state index >= 15 is 0 Å². The minimum atomic E-state index is 0.164. The molecule has 1 aromatic carbocycles. The van der Waals surface area contributed by atoms with Gasteiger partial charge in [0.1, 0.15) is 0 Å². The van der Waals surface area contributed by atoms with Crippen molar-refractivity contribution in [1.29, 1.82) is 0 Å². The van der Waals surface area contributed by atoms with E-state index in [1.54, 1.807) is 0 Å². The molecule has 2 N–H and O–H groups in total. The van der Waals surface area contributed by atoms with Crippen LogP contribution in [0.15, 0.2) is 41.1 Å². The van der Waals surface area contributed by atoms with Gasteiger partial charge in [-0.05, 0) is 67.5 Å². The number of fused-ring (bicyclic) bond motifs is 2. The van der Waals surface area contributed by atoms with E-state index in [-0.39, 0.29) is 12.1 Å². The molecule has 1 saturated heterocycles. The Balaban J connectivity index is 1.80. The lowest BCUT2D eigenvalue weighted by molar-refractivity contribution is 0.169. The fourth-order valence-corrected chi connectivity index (χ4v) is 5.61. The van der Waals surface area contributed by atoms with Crippen LogP contribution in [0.3, 0.4) is 0 Å². The average Bonchev–Trinajstić information content (AvgIpc) is 2.85. The van der Waals surface area contributed by atoms with Crippen LogP contribution in [0, 0.1) is 13.8 Å². The van der Waals surface area contributed by atoms with Gasteiger partial charge in [0.15, 0.2) is 0 Å². The molecule has 2 atom stereocenters. The maximum absolute atomic E-state index is 4.98. The molecule has 0 spiro atoms. The molecule has 4 rings (SSSR count). The Bertz CT molecular complexity index is 923. The highest BCUT2D eigenvalue weighted by Crippen LogP contribution is 2.40. The molecular formula is C24H31BrN4. The Morgan fingerprint density at radius 1 is 1.24 bits per heavy atom. The molecule has 0 saturated carbocycles. The molecule has 1 aliphatic heterocycles. The lowest BCUT2D eigenvalue weighted by atomic mass is 9.94. The van der Waals surface area contributed by atoms with Crippen molar-refractivity contribution in [1.82, 2.24) is 20.5 Å². The van der Waals surface area contributed by atoms with Crippen molar-refractivity contribution in [3.63, 3.8) is 0 Å². The van der Waals surface area contributed by atoms with Crippen molar-refractivity contribution < 1.29 is 0 Å². The number of benzene rings is 1. The molecule has 1 aliphatic carbocycles. The van der Waals surface area contributed by atoms with Crippen LogP contribution in [0.25, 0.3) is 0 Å². The lowest BCUT2D eigenvalue weighted by Crippen LogP contribution is -2.54. The third kappa shape index (κ3) is 4.14. The molecular weight excluding hydrogens is 424 g/mol. The monoisotopic (exact) mass is 454 g/mol. The van der Waals surface area contributed by atoms with Crippen molar-refractivity contribution in [3.8, 4) is 0 Å². The first kappa shape index (κ1) is 20.6. The van der Waals surface area contributed by atoms with E-state index in [0.29, 0.717) is 0 Å². The van der Waals surface area contributed by atoms with Gasteiger partial charge in [0.2, 0.25) is 0 Å². The number of piperazine rings is 1. The second-order valence-electron chi connectivity index (χ2n) is 8.34. The maximum atomic E-state index is 4.98. The standard InChI is InChI=1S/C24H31BrN4/c1-5-26-17(4)21-14-29(9-8-27-21)24-22-18(10-15(2)12-20(22)25)6-7-19-11-16(3)13-28-23(19)24/h10-13,21,24,26-27H,4-9,14H2,1-3H3. The van der Waals surface area contributed by atoms with Crippen LogP contribution in [-0.2, 0) is 12.8 Å². The van der Waals surface area contributed by atoms with Crippen LogP contribution in [-0.4, -0.2) is 42.1 Å². The molecule has 154 valence electrons. The Morgan fingerprint density at radius 3 is 2.79 bits per heavy atom. The second kappa shape index (κ2) is 8.58. The van der Waals surface area contributed by atoms with E-state index in [2.05, 4.69) is 77.0 Å². The van der Waals surface area contributed by atoms with Gasteiger partial charge in [-0.15, -0.1) is 0 Å². The molecule has 0 amide bonds. The van der Waals surface area contributed by atoms with Gasteiger partial charge in [-0.3, -0.25) is 9.88 Å². The summed E-state index contributed by atoms with van der Waals surface area (Å²) in [6, 6.07) is 7.36. The molecule has 2 heterocycles.